The average Bonchev–Trinajstić information content (AvgIpc) is 3.21. The molecule has 3 rings (SSSR count). The fraction of sp³-hybridized carbons (Fsp3) is 0.600. The van der Waals surface area contributed by atoms with Gasteiger partial charge in [0, 0.05) is 5.38 Å². The molecule has 1 saturated carbocycles. The zero-order valence-electron chi connectivity index (χ0n) is 20.3. The predicted molar refractivity (Wildman–Crippen MR) is 127 cm³/mol. The Balaban J connectivity index is 1.65. The maximum absolute atomic E-state index is 12.8. The van der Waals surface area contributed by atoms with Crippen molar-refractivity contribution in [1.29, 1.82) is 0 Å². The monoisotopic (exact) mass is 561 g/mol. The number of carboxylic acid groups (broad SMARTS) is 1. The number of nitrogens with zero attached hydrogens (tertiary/aromatic N) is 3. The summed E-state index contributed by atoms with van der Waals surface area (Å²) in [7, 11) is -4.53. The number of amides is 2. The van der Waals surface area contributed by atoms with Crippen molar-refractivity contribution in [3.8, 4) is 0 Å². The van der Waals surface area contributed by atoms with Crippen LogP contribution in [0.5, 0.6) is 0 Å². The SMILES string of the molecule is CCOC(=O)C1(COS(=O)(=O)N2C[C@H](NC(=O)/C(=N/OC(C)(C)C(=O)O)c3csc(N)n3)C2=O)CCC1. The number of oxime groups is 1. The fourth-order valence-corrected chi connectivity index (χ4v) is 5.01. The molecular weight excluding hydrogens is 534 g/mol. The van der Waals surface area contributed by atoms with Gasteiger partial charge >= 0.3 is 22.2 Å². The van der Waals surface area contributed by atoms with Gasteiger partial charge in [-0.1, -0.05) is 11.6 Å². The van der Waals surface area contributed by atoms with Gasteiger partial charge in [-0.15, -0.1) is 11.3 Å². The third kappa shape index (κ3) is 5.99. The number of thiazole rings is 1. The van der Waals surface area contributed by atoms with E-state index in [0.717, 1.165) is 11.3 Å². The van der Waals surface area contributed by atoms with E-state index >= 15 is 0 Å². The minimum atomic E-state index is -4.53. The Kier molecular flexibility index (Phi) is 8.09. The number of rotatable bonds is 12. The lowest BCUT2D eigenvalue weighted by Crippen LogP contribution is -2.66. The third-order valence-corrected chi connectivity index (χ3v) is 7.79. The summed E-state index contributed by atoms with van der Waals surface area (Å²) in [5.74, 6) is -3.86. The van der Waals surface area contributed by atoms with Gasteiger partial charge in [0.15, 0.2) is 10.8 Å². The number of aliphatic carboxylic acids is 1. The van der Waals surface area contributed by atoms with Crippen molar-refractivity contribution in [2.45, 2.75) is 51.7 Å². The van der Waals surface area contributed by atoms with Gasteiger partial charge in [0.2, 0.25) is 5.60 Å². The molecule has 2 aliphatic rings. The summed E-state index contributed by atoms with van der Waals surface area (Å²) >= 11 is 0.982. The van der Waals surface area contributed by atoms with Crippen LogP contribution in [0.2, 0.25) is 0 Å². The van der Waals surface area contributed by atoms with E-state index in [2.05, 4.69) is 15.5 Å². The van der Waals surface area contributed by atoms with Gasteiger partial charge in [-0.3, -0.25) is 18.6 Å². The molecule has 17 heteroatoms. The highest BCUT2D eigenvalue weighted by molar-refractivity contribution is 7.85. The molecule has 2 fully saturated rings. The number of β-lactam (4-membered cyclic amide) rings is 1. The van der Waals surface area contributed by atoms with Gasteiger partial charge in [0.25, 0.3) is 11.8 Å². The molecule has 1 saturated heterocycles. The topological polar surface area (TPSA) is 217 Å². The zero-order valence-corrected chi connectivity index (χ0v) is 21.9. The Morgan fingerprint density at radius 3 is 2.54 bits per heavy atom. The zero-order chi connectivity index (χ0) is 27.6. The lowest BCUT2D eigenvalue weighted by molar-refractivity contribution is -0.164. The van der Waals surface area contributed by atoms with Crippen LogP contribution < -0.4 is 11.1 Å². The van der Waals surface area contributed by atoms with E-state index in [-0.39, 0.29) is 17.4 Å². The van der Waals surface area contributed by atoms with Crippen LogP contribution in [0.25, 0.3) is 0 Å². The molecule has 0 unspecified atom stereocenters. The second-order valence-corrected chi connectivity index (χ2v) is 11.3. The molecule has 0 radical (unpaired) electrons. The minimum Gasteiger partial charge on any atom is -0.478 e. The van der Waals surface area contributed by atoms with Gasteiger partial charge in [-0.2, -0.15) is 8.42 Å². The van der Waals surface area contributed by atoms with Crippen LogP contribution in [0, 0.1) is 5.41 Å². The van der Waals surface area contributed by atoms with Crippen LogP contribution in [-0.2, 0) is 43.2 Å². The van der Waals surface area contributed by atoms with E-state index in [9.17, 15) is 32.7 Å². The summed E-state index contributed by atoms with van der Waals surface area (Å²) in [6.07, 6.45) is 1.51. The summed E-state index contributed by atoms with van der Waals surface area (Å²) in [6.45, 7) is 3.28. The molecule has 0 bridgehead atoms. The highest BCUT2D eigenvalue weighted by atomic mass is 32.2. The molecule has 1 aliphatic heterocycles. The number of aromatic nitrogens is 1. The summed E-state index contributed by atoms with van der Waals surface area (Å²) in [5.41, 5.74) is 2.23. The summed E-state index contributed by atoms with van der Waals surface area (Å²) < 4.78 is 35.5. The van der Waals surface area contributed by atoms with E-state index in [1.165, 1.54) is 19.2 Å². The number of carbonyl (C=O) groups is 4. The lowest BCUT2D eigenvalue weighted by atomic mass is 9.69. The number of ether oxygens (including phenoxy) is 1. The van der Waals surface area contributed by atoms with E-state index in [1.807, 2.05) is 0 Å². The molecule has 0 aromatic carbocycles. The van der Waals surface area contributed by atoms with E-state index < -0.39 is 70.0 Å². The molecule has 1 aliphatic carbocycles. The second kappa shape index (κ2) is 10.6. The molecule has 4 N–H and O–H groups in total. The molecular formula is C20H27N5O10S2. The number of carboxylic acids is 1. The van der Waals surface area contributed by atoms with Crippen LogP contribution in [0.1, 0.15) is 45.7 Å². The summed E-state index contributed by atoms with van der Waals surface area (Å²) in [5, 5.41) is 16.6. The van der Waals surface area contributed by atoms with Crippen molar-refractivity contribution >= 4 is 56.2 Å². The second-order valence-electron chi connectivity index (χ2n) is 8.89. The smallest absolute Gasteiger partial charge is 0.364 e. The first-order valence-electron chi connectivity index (χ1n) is 11.1. The number of carbonyl (C=O) groups excluding carboxylic acids is 3. The number of nitrogens with one attached hydrogen (secondary N) is 1. The van der Waals surface area contributed by atoms with Crippen molar-refractivity contribution in [2.75, 3.05) is 25.5 Å². The van der Waals surface area contributed by atoms with Crippen molar-refractivity contribution in [3.63, 3.8) is 0 Å². The molecule has 2 amide bonds. The number of anilines is 1. The average molecular weight is 562 g/mol. The van der Waals surface area contributed by atoms with Gasteiger partial charge in [0.1, 0.15) is 11.7 Å². The van der Waals surface area contributed by atoms with Gasteiger partial charge in [-0.25, -0.2) is 14.1 Å². The first-order valence-corrected chi connectivity index (χ1v) is 13.4. The molecule has 15 nitrogen and oxygen atoms in total. The van der Waals surface area contributed by atoms with Gasteiger partial charge in [-0.05, 0) is 33.6 Å². The molecule has 37 heavy (non-hydrogen) atoms. The highest BCUT2D eigenvalue weighted by Gasteiger charge is 2.50. The van der Waals surface area contributed by atoms with E-state index in [1.54, 1.807) is 6.92 Å². The van der Waals surface area contributed by atoms with Crippen LogP contribution >= 0.6 is 11.3 Å². The van der Waals surface area contributed by atoms with Crippen LogP contribution in [0.15, 0.2) is 10.5 Å². The number of nitrogen functional groups attached to an aromatic ring is 1. The Morgan fingerprint density at radius 1 is 1.38 bits per heavy atom. The lowest BCUT2D eigenvalue weighted by Gasteiger charge is -2.40. The fourth-order valence-electron chi connectivity index (χ4n) is 3.28. The number of esters is 1. The largest absolute Gasteiger partial charge is 0.478 e. The van der Waals surface area contributed by atoms with Crippen molar-refractivity contribution in [1.82, 2.24) is 14.6 Å². The number of hydrogen-bond acceptors (Lipinski definition) is 13. The predicted octanol–water partition coefficient (Wildman–Crippen LogP) is -0.369. The highest BCUT2D eigenvalue weighted by Crippen LogP contribution is 2.43. The Bertz CT molecular complexity index is 1220. The maximum Gasteiger partial charge on any atom is 0.364 e. The molecule has 204 valence electrons. The Hall–Kier alpha value is -3.31. The van der Waals surface area contributed by atoms with Crippen LogP contribution in [-0.4, -0.2) is 83.7 Å². The van der Waals surface area contributed by atoms with E-state index in [0.29, 0.717) is 23.6 Å². The Labute approximate surface area is 216 Å². The first kappa shape index (κ1) is 28.3. The molecule has 1 atom stereocenters. The molecule has 0 spiro atoms. The standard InChI is InChI=1S/C20H27N5O10S2/c1-4-33-17(30)20(6-5-7-20)10-34-37(31,32)25-8-11(15(25)27)22-14(26)13(12-9-36-18(21)23-12)24-35-19(2,3)16(28)29/h9,11H,4-8,10H2,1-3H3,(H2,21,23)(H,22,26)(H,28,29)/b24-13+/t11-/m0/s1. The molecule has 2 heterocycles. The maximum atomic E-state index is 12.8. The normalized spacial score (nSPS) is 19.4. The quantitative estimate of drug-likeness (QED) is 0.129. The number of hydrogen-bond donors (Lipinski definition) is 3. The van der Waals surface area contributed by atoms with Crippen LogP contribution in [0.4, 0.5) is 5.13 Å². The molecule has 1 aromatic heterocycles. The van der Waals surface area contributed by atoms with Gasteiger partial charge < -0.3 is 25.7 Å². The van der Waals surface area contributed by atoms with Gasteiger partial charge in [0.05, 0.1) is 25.2 Å². The molecule has 1 aromatic rings. The van der Waals surface area contributed by atoms with Crippen molar-refractivity contribution in [2.24, 2.45) is 10.6 Å². The van der Waals surface area contributed by atoms with Crippen LogP contribution in [0.3, 0.4) is 0 Å². The summed E-state index contributed by atoms with van der Waals surface area (Å²) in [6, 6.07) is -1.25. The Morgan fingerprint density at radius 2 is 2.05 bits per heavy atom. The van der Waals surface area contributed by atoms with Crippen molar-refractivity contribution < 1.29 is 46.5 Å². The summed E-state index contributed by atoms with van der Waals surface area (Å²) in [4.78, 5) is 57.8. The van der Waals surface area contributed by atoms with E-state index in [4.69, 9.17) is 19.5 Å². The third-order valence-electron chi connectivity index (χ3n) is 5.83. The minimum absolute atomic E-state index is 0.0365. The van der Waals surface area contributed by atoms with Crippen molar-refractivity contribution in [3.05, 3.63) is 11.1 Å². The number of nitrogens with two attached hydrogens (primary N) is 1. The first-order chi connectivity index (χ1) is 17.2.